The zero-order valence-corrected chi connectivity index (χ0v) is 18.8. The first kappa shape index (κ1) is 21.5. The van der Waals surface area contributed by atoms with Gasteiger partial charge in [0.15, 0.2) is 0 Å². The van der Waals surface area contributed by atoms with Crippen LogP contribution in [0.3, 0.4) is 0 Å². The number of hydrogen-bond donors (Lipinski definition) is 2. The summed E-state index contributed by atoms with van der Waals surface area (Å²) in [6.07, 6.45) is 3.98. The Morgan fingerprint density at radius 2 is 1.84 bits per heavy atom. The van der Waals surface area contributed by atoms with E-state index in [9.17, 15) is 9.90 Å². The zero-order valence-electron chi connectivity index (χ0n) is 18.8. The minimum atomic E-state index is -0.0675. The molecule has 2 N–H and O–H groups in total. The molecule has 1 aliphatic rings. The molecule has 0 saturated heterocycles. The maximum atomic E-state index is 12.7. The second kappa shape index (κ2) is 8.79. The largest absolute Gasteiger partial charge is 0.507 e. The van der Waals surface area contributed by atoms with Crippen LogP contribution in [-0.2, 0) is 11.3 Å². The normalized spacial score (nSPS) is 14.1. The maximum Gasteiger partial charge on any atom is 0.224 e. The summed E-state index contributed by atoms with van der Waals surface area (Å²) >= 11 is 0. The number of carbonyl (C=O) groups is 1. The van der Waals surface area contributed by atoms with E-state index in [1.165, 1.54) is 0 Å². The lowest BCUT2D eigenvalue weighted by Gasteiger charge is -2.09. The number of furan rings is 1. The number of amides is 1. The number of aromatic hydroxyl groups is 1. The van der Waals surface area contributed by atoms with E-state index < -0.39 is 0 Å². The predicted molar refractivity (Wildman–Crippen MR) is 126 cm³/mol. The SMILES string of the molecule is COc1ccc2c(c1)C(CC(=O)NCc1ccco1)=C(C)/C2=C/c1cc(C)c(O)c(C)c1. The molecule has 3 aromatic rings. The lowest BCUT2D eigenvalue weighted by atomic mass is 9.98. The van der Waals surface area contributed by atoms with Gasteiger partial charge in [-0.2, -0.15) is 0 Å². The Balaban J connectivity index is 1.70. The topological polar surface area (TPSA) is 71.7 Å². The highest BCUT2D eigenvalue weighted by atomic mass is 16.5. The number of hydrogen-bond acceptors (Lipinski definition) is 4. The van der Waals surface area contributed by atoms with Crippen molar-refractivity contribution in [2.45, 2.75) is 33.7 Å². The van der Waals surface area contributed by atoms with E-state index in [2.05, 4.69) is 11.4 Å². The van der Waals surface area contributed by atoms with E-state index in [-0.39, 0.29) is 12.3 Å². The number of phenols is 1. The highest BCUT2D eigenvalue weighted by Gasteiger charge is 2.26. The fraction of sp³-hybridized carbons (Fsp3) is 0.222. The number of rotatable bonds is 6. The fourth-order valence-corrected chi connectivity index (χ4v) is 4.18. The average molecular weight is 430 g/mol. The van der Waals surface area contributed by atoms with Crippen LogP contribution < -0.4 is 10.1 Å². The zero-order chi connectivity index (χ0) is 22.8. The molecule has 5 nitrogen and oxygen atoms in total. The van der Waals surface area contributed by atoms with Gasteiger partial charge in [-0.1, -0.05) is 6.07 Å². The first-order chi connectivity index (χ1) is 15.4. The first-order valence-electron chi connectivity index (χ1n) is 10.6. The van der Waals surface area contributed by atoms with Gasteiger partial charge in [-0.05, 0) is 108 Å². The molecule has 0 unspecified atom stereocenters. The fourth-order valence-electron chi connectivity index (χ4n) is 4.18. The standard InChI is InChI=1S/C27H27NO4/c1-16-10-19(11-17(2)27(16)30)12-23-18(3)24(25-13-20(31-4)7-8-22(23)25)14-26(29)28-15-21-6-5-9-32-21/h5-13,30H,14-15H2,1-4H3,(H,28,29)/b23-12-. The molecule has 1 heterocycles. The summed E-state index contributed by atoms with van der Waals surface area (Å²) in [6.45, 7) is 6.20. The van der Waals surface area contributed by atoms with Crippen molar-refractivity contribution in [3.8, 4) is 11.5 Å². The molecular weight excluding hydrogens is 402 g/mol. The summed E-state index contributed by atoms with van der Waals surface area (Å²) in [5, 5.41) is 13.1. The summed E-state index contributed by atoms with van der Waals surface area (Å²) in [7, 11) is 1.64. The van der Waals surface area contributed by atoms with Gasteiger partial charge in [0.2, 0.25) is 5.91 Å². The number of carbonyl (C=O) groups excluding carboxylic acids is 1. The second-order valence-corrected chi connectivity index (χ2v) is 8.11. The molecule has 4 rings (SSSR count). The third kappa shape index (κ3) is 4.19. The van der Waals surface area contributed by atoms with Gasteiger partial charge in [0.1, 0.15) is 17.3 Å². The van der Waals surface area contributed by atoms with Crippen LogP contribution in [0.2, 0.25) is 0 Å². The van der Waals surface area contributed by atoms with Gasteiger partial charge in [-0.25, -0.2) is 0 Å². The van der Waals surface area contributed by atoms with E-state index in [1.807, 2.05) is 57.2 Å². The van der Waals surface area contributed by atoms with Crippen molar-refractivity contribution in [1.29, 1.82) is 0 Å². The highest BCUT2D eigenvalue weighted by Crippen LogP contribution is 2.45. The van der Waals surface area contributed by atoms with Crippen molar-refractivity contribution >= 4 is 23.1 Å². The predicted octanol–water partition coefficient (Wildman–Crippen LogP) is 5.64. The van der Waals surface area contributed by atoms with Crippen molar-refractivity contribution in [3.05, 3.63) is 87.9 Å². The molecular formula is C27H27NO4. The summed E-state index contributed by atoms with van der Waals surface area (Å²) in [4.78, 5) is 12.7. The number of aryl methyl sites for hydroxylation is 2. The molecule has 0 aliphatic heterocycles. The molecule has 2 aromatic carbocycles. The third-order valence-corrected chi connectivity index (χ3v) is 5.90. The number of nitrogens with one attached hydrogen (secondary N) is 1. The van der Waals surface area contributed by atoms with Gasteiger partial charge in [0.25, 0.3) is 0 Å². The van der Waals surface area contributed by atoms with E-state index in [4.69, 9.17) is 9.15 Å². The van der Waals surface area contributed by atoms with Crippen LogP contribution in [-0.4, -0.2) is 18.1 Å². The molecule has 0 spiro atoms. The summed E-state index contributed by atoms with van der Waals surface area (Å²) in [5.74, 6) is 1.73. The van der Waals surface area contributed by atoms with Gasteiger partial charge in [-0.15, -0.1) is 0 Å². The molecule has 0 atom stereocenters. The third-order valence-electron chi connectivity index (χ3n) is 5.90. The van der Waals surface area contributed by atoms with E-state index in [0.717, 1.165) is 56.0 Å². The Morgan fingerprint density at radius 1 is 1.09 bits per heavy atom. The second-order valence-electron chi connectivity index (χ2n) is 8.11. The van der Waals surface area contributed by atoms with Crippen LogP contribution in [0.15, 0.2) is 58.7 Å². The Labute approximate surface area is 188 Å². The van der Waals surface area contributed by atoms with Crippen LogP contribution in [0.25, 0.3) is 17.2 Å². The molecule has 164 valence electrons. The molecule has 32 heavy (non-hydrogen) atoms. The molecule has 5 heteroatoms. The smallest absolute Gasteiger partial charge is 0.224 e. The molecule has 0 bridgehead atoms. The quantitative estimate of drug-likeness (QED) is 0.532. The number of fused-ring (bicyclic) bond motifs is 1. The Bertz CT molecular complexity index is 1210. The number of methoxy groups -OCH3 is 1. The number of phenolic OH excluding ortho intramolecular Hbond substituents is 1. The highest BCUT2D eigenvalue weighted by molar-refractivity contribution is 6.08. The Kier molecular flexibility index (Phi) is 5.91. The van der Waals surface area contributed by atoms with Crippen LogP contribution in [0.5, 0.6) is 11.5 Å². The van der Waals surface area contributed by atoms with Crippen molar-refractivity contribution in [2.75, 3.05) is 7.11 Å². The lowest BCUT2D eigenvalue weighted by Crippen LogP contribution is -2.22. The molecule has 0 radical (unpaired) electrons. The monoisotopic (exact) mass is 429 g/mol. The molecule has 0 fully saturated rings. The van der Waals surface area contributed by atoms with Crippen LogP contribution in [0.1, 0.15) is 46.9 Å². The van der Waals surface area contributed by atoms with Gasteiger partial charge >= 0.3 is 0 Å². The van der Waals surface area contributed by atoms with Crippen LogP contribution in [0.4, 0.5) is 0 Å². The average Bonchev–Trinajstić information content (AvgIpc) is 3.38. The minimum absolute atomic E-state index is 0.0675. The van der Waals surface area contributed by atoms with Crippen LogP contribution in [0, 0.1) is 13.8 Å². The summed E-state index contributed by atoms with van der Waals surface area (Å²) < 4.78 is 10.7. The minimum Gasteiger partial charge on any atom is -0.507 e. The Hall–Kier alpha value is -3.73. The summed E-state index contributed by atoms with van der Waals surface area (Å²) in [6, 6.07) is 13.5. The van der Waals surface area contributed by atoms with Gasteiger partial charge in [0.05, 0.1) is 26.3 Å². The molecule has 1 aromatic heterocycles. The summed E-state index contributed by atoms with van der Waals surface area (Å²) in [5.41, 5.74) is 7.87. The van der Waals surface area contributed by atoms with Crippen molar-refractivity contribution in [2.24, 2.45) is 0 Å². The van der Waals surface area contributed by atoms with E-state index in [0.29, 0.717) is 12.3 Å². The lowest BCUT2D eigenvalue weighted by molar-refractivity contribution is -0.120. The Morgan fingerprint density at radius 3 is 2.50 bits per heavy atom. The van der Waals surface area contributed by atoms with Crippen molar-refractivity contribution in [3.63, 3.8) is 0 Å². The number of benzene rings is 2. The van der Waals surface area contributed by atoms with Crippen molar-refractivity contribution < 1.29 is 19.1 Å². The van der Waals surface area contributed by atoms with Gasteiger partial charge in [0, 0.05) is 0 Å². The van der Waals surface area contributed by atoms with Gasteiger partial charge < -0.3 is 19.6 Å². The van der Waals surface area contributed by atoms with Gasteiger partial charge in [-0.3, -0.25) is 4.79 Å². The number of ether oxygens (including phenoxy) is 1. The van der Waals surface area contributed by atoms with E-state index >= 15 is 0 Å². The molecule has 0 saturated carbocycles. The molecule has 1 aliphatic carbocycles. The number of allylic oxidation sites excluding steroid dienone is 2. The molecule has 1 amide bonds. The maximum absolute atomic E-state index is 12.7. The van der Waals surface area contributed by atoms with Crippen LogP contribution >= 0.6 is 0 Å². The first-order valence-corrected chi connectivity index (χ1v) is 10.6. The van der Waals surface area contributed by atoms with E-state index in [1.54, 1.807) is 19.4 Å². The van der Waals surface area contributed by atoms with Crippen molar-refractivity contribution in [1.82, 2.24) is 5.32 Å².